The number of ether oxygens (including phenoxy) is 2. The van der Waals surface area contributed by atoms with Gasteiger partial charge in [0.25, 0.3) is 11.5 Å². The number of rotatable bonds is 6. The molecule has 0 fully saturated rings. The van der Waals surface area contributed by atoms with Crippen LogP contribution in [0.1, 0.15) is 35.1 Å². The Morgan fingerprint density at radius 3 is 2.93 bits per heavy atom. The molecule has 0 radical (unpaired) electrons. The van der Waals surface area contributed by atoms with Crippen molar-refractivity contribution in [3.05, 3.63) is 63.7 Å². The Hall–Kier alpha value is -3.68. The third-order valence-electron chi connectivity index (χ3n) is 4.95. The number of carbonyl (C=O) groups excluding carboxylic acids is 1. The number of nitrogens with zero attached hydrogens (tertiary/aromatic N) is 3. The summed E-state index contributed by atoms with van der Waals surface area (Å²) >= 11 is 0. The van der Waals surface area contributed by atoms with E-state index in [-0.39, 0.29) is 11.5 Å². The van der Waals surface area contributed by atoms with E-state index in [1.54, 1.807) is 42.0 Å². The first-order valence-corrected chi connectivity index (χ1v) is 9.78. The lowest BCUT2D eigenvalue weighted by Crippen LogP contribution is -2.22. The average Bonchev–Trinajstić information content (AvgIpc) is 3.23. The number of fused-ring (bicyclic) bond motifs is 2. The maximum atomic E-state index is 12.5. The first-order chi connectivity index (χ1) is 14.6. The summed E-state index contributed by atoms with van der Waals surface area (Å²) in [6, 6.07) is 10.3. The Kier molecular flexibility index (Phi) is 5.47. The van der Waals surface area contributed by atoms with Gasteiger partial charge in [-0.1, -0.05) is 0 Å². The zero-order chi connectivity index (χ0) is 21.1. The Bertz CT molecular complexity index is 1200. The largest absolute Gasteiger partial charge is 0.493 e. The van der Waals surface area contributed by atoms with Crippen LogP contribution in [-0.2, 0) is 13.0 Å². The third-order valence-corrected chi connectivity index (χ3v) is 4.95. The van der Waals surface area contributed by atoms with Crippen LogP contribution in [0.5, 0.6) is 11.5 Å². The number of hydrazone groups is 1. The second kappa shape index (κ2) is 8.36. The summed E-state index contributed by atoms with van der Waals surface area (Å²) in [4.78, 5) is 29.6. The Labute approximate surface area is 173 Å². The molecule has 4 rings (SSSR count). The summed E-state index contributed by atoms with van der Waals surface area (Å²) < 4.78 is 12.5. The number of methoxy groups -OCH3 is 1. The van der Waals surface area contributed by atoms with E-state index in [4.69, 9.17) is 9.47 Å². The van der Waals surface area contributed by atoms with E-state index < -0.39 is 0 Å². The van der Waals surface area contributed by atoms with Gasteiger partial charge in [-0.15, -0.1) is 0 Å². The number of aryl methyl sites for hydroxylation is 1. The molecule has 2 heterocycles. The van der Waals surface area contributed by atoms with Gasteiger partial charge in [-0.05, 0) is 55.3 Å². The third kappa shape index (κ3) is 3.76. The number of nitrogens with one attached hydrogen (secondary N) is 1. The molecule has 0 spiro atoms. The fraction of sp³-hybridized carbons (Fsp3) is 0.273. The van der Waals surface area contributed by atoms with E-state index >= 15 is 0 Å². The molecule has 0 saturated heterocycles. The van der Waals surface area contributed by atoms with Gasteiger partial charge in [0.05, 0.1) is 30.8 Å². The predicted octanol–water partition coefficient (Wildman–Crippen LogP) is 2.51. The number of benzene rings is 2. The van der Waals surface area contributed by atoms with E-state index in [0.29, 0.717) is 41.1 Å². The van der Waals surface area contributed by atoms with Crippen molar-refractivity contribution in [3.63, 3.8) is 0 Å². The molecule has 0 unspecified atom stereocenters. The maximum Gasteiger partial charge on any atom is 0.271 e. The van der Waals surface area contributed by atoms with Crippen molar-refractivity contribution in [2.45, 2.75) is 26.3 Å². The van der Waals surface area contributed by atoms with Gasteiger partial charge in [-0.2, -0.15) is 5.10 Å². The molecule has 1 amide bonds. The molecular formula is C22H22N4O4. The summed E-state index contributed by atoms with van der Waals surface area (Å²) in [5.74, 6) is 1.62. The standard InChI is InChI=1S/C22H22N4O4/c1-3-30-18-9-6-14(11-19(18)29-2)13-23-25-21(27)15-7-8-16-17(12-15)24-20-5-4-10-26(20)22(16)28/h6-9,11-13H,3-5,10H2,1-2H3,(H,25,27)/b23-13-. The van der Waals surface area contributed by atoms with Gasteiger partial charge in [0, 0.05) is 18.5 Å². The van der Waals surface area contributed by atoms with Crippen LogP contribution in [0.3, 0.4) is 0 Å². The smallest absolute Gasteiger partial charge is 0.271 e. The van der Waals surface area contributed by atoms with Crippen LogP contribution in [0.2, 0.25) is 0 Å². The minimum atomic E-state index is -0.381. The maximum absolute atomic E-state index is 12.5. The summed E-state index contributed by atoms with van der Waals surface area (Å²) in [7, 11) is 1.56. The summed E-state index contributed by atoms with van der Waals surface area (Å²) in [6.45, 7) is 3.14. The molecule has 30 heavy (non-hydrogen) atoms. The van der Waals surface area contributed by atoms with Gasteiger partial charge < -0.3 is 9.47 Å². The van der Waals surface area contributed by atoms with Crippen LogP contribution in [0, 0.1) is 0 Å². The number of aromatic nitrogens is 2. The quantitative estimate of drug-likeness (QED) is 0.501. The number of hydrogen-bond acceptors (Lipinski definition) is 6. The van der Waals surface area contributed by atoms with Gasteiger partial charge in [-0.3, -0.25) is 14.2 Å². The average molecular weight is 406 g/mol. The Morgan fingerprint density at radius 2 is 2.13 bits per heavy atom. The van der Waals surface area contributed by atoms with Gasteiger partial charge in [0.15, 0.2) is 11.5 Å². The molecule has 2 aromatic carbocycles. The van der Waals surface area contributed by atoms with E-state index in [1.807, 2.05) is 13.0 Å². The van der Waals surface area contributed by atoms with Crippen molar-refractivity contribution in [2.75, 3.05) is 13.7 Å². The monoisotopic (exact) mass is 406 g/mol. The van der Waals surface area contributed by atoms with E-state index in [2.05, 4.69) is 15.5 Å². The summed E-state index contributed by atoms with van der Waals surface area (Å²) in [5.41, 5.74) is 4.12. The first kappa shape index (κ1) is 19.6. The molecule has 3 aromatic rings. The zero-order valence-corrected chi connectivity index (χ0v) is 16.8. The second-order valence-electron chi connectivity index (χ2n) is 6.86. The number of amides is 1. The van der Waals surface area contributed by atoms with Gasteiger partial charge in [0.2, 0.25) is 0 Å². The molecule has 8 heteroatoms. The molecule has 154 valence electrons. The van der Waals surface area contributed by atoms with E-state index in [0.717, 1.165) is 24.2 Å². The molecule has 1 N–H and O–H groups in total. The Balaban J connectivity index is 1.51. The highest BCUT2D eigenvalue weighted by molar-refractivity contribution is 5.98. The Morgan fingerprint density at radius 1 is 1.27 bits per heavy atom. The first-order valence-electron chi connectivity index (χ1n) is 9.78. The topological polar surface area (TPSA) is 94.8 Å². The van der Waals surface area contributed by atoms with Crippen molar-refractivity contribution in [1.29, 1.82) is 0 Å². The fourth-order valence-corrected chi connectivity index (χ4v) is 3.49. The lowest BCUT2D eigenvalue weighted by Gasteiger charge is -2.09. The SMILES string of the molecule is CCOc1ccc(/C=N\NC(=O)c2ccc3c(=O)n4c(nc3c2)CCC4)cc1OC. The lowest BCUT2D eigenvalue weighted by atomic mass is 10.1. The minimum absolute atomic E-state index is 0.0538. The van der Waals surface area contributed by atoms with Crippen LogP contribution in [0.4, 0.5) is 0 Å². The molecule has 1 aliphatic heterocycles. The van der Waals surface area contributed by atoms with Gasteiger partial charge in [0.1, 0.15) is 5.82 Å². The molecule has 0 aliphatic carbocycles. The van der Waals surface area contributed by atoms with E-state index in [1.165, 1.54) is 6.21 Å². The highest BCUT2D eigenvalue weighted by atomic mass is 16.5. The number of carbonyl (C=O) groups is 1. The molecular weight excluding hydrogens is 384 g/mol. The molecule has 0 atom stereocenters. The van der Waals surface area contributed by atoms with E-state index in [9.17, 15) is 9.59 Å². The zero-order valence-electron chi connectivity index (χ0n) is 16.8. The number of hydrogen-bond donors (Lipinski definition) is 1. The highest BCUT2D eigenvalue weighted by Crippen LogP contribution is 2.27. The fourth-order valence-electron chi connectivity index (χ4n) is 3.49. The normalized spacial score (nSPS) is 12.9. The van der Waals surface area contributed by atoms with Crippen LogP contribution >= 0.6 is 0 Å². The van der Waals surface area contributed by atoms with Crippen LogP contribution in [0.25, 0.3) is 10.9 Å². The lowest BCUT2D eigenvalue weighted by molar-refractivity contribution is 0.0955. The van der Waals surface area contributed by atoms with Crippen molar-refractivity contribution >= 4 is 23.0 Å². The minimum Gasteiger partial charge on any atom is -0.493 e. The van der Waals surface area contributed by atoms with Crippen molar-refractivity contribution in [1.82, 2.24) is 15.0 Å². The summed E-state index contributed by atoms with van der Waals surface area (Å²) in [5, 5.41) is 4.53. The van der Waals surface area contributed by atoms with Gasteiger partial charge in [-0.25, -0.2) is 10.4 Å². The van der Waals surface area contributed by atoms with Crippen molar-refractivity contribution < 1.29 is 14.3 Å². The van der Waals surface area contributed by atoms with Crippen LogP contribution in [-0.4, -0.2) is 35.4 Å². The van der Waals surface area contributed by atoms with Crippen molar-refractivity contribution in [3.8, 4) is 11.5 Å². The molecule has 0 saturated carbocycles. The molecule has 1 aliphatic rings. The predicted molar refractivity (Wildman–Crippen MR) is 114 cm³/mol. The summed E-state index contributed by atoms with van der Waals surface area (Å²) in [6.07, 6.45) is 3.21. The van der Waals surface area contributed by atoms with Crippen molar-refractivity contribution in [2.24, 2.45) is 5.10 Å². The highest BCUT2D eigenvalue weighted by Gasteiger charge is 2.17. The molecule has 1 aromatic heterocycles. The second-order valence-corrected chi connectivity index (χ2v) is 6.86. The van der Waals surface area contributed by atoms with Crippen LogP contribution < -0.4 is 20.5 Å². The molecule has 8 nitrogen and oxygen atoms in total. The van der Waals surface area contributed by atoms with Crippen LogP contribution in [0.15, 0.2) is 46.3 Å². The molecule has 0 bridgehead atoms. The van der Waals surface area contributed by atoms with Gasteiger partial charge >= 0.3 is 0 Å².